The van der Waals surface area contributed by atoms with Crippen LogP contribution in [0.4, 0.5) is 4.39 Å². The number of hydrogen-bond acceptors (Lipinski definition) is 5. The molecule has 5 nitrogen and oxygen atoms in total. The molecule has 144 valence electrons. The molecule has 0 spiro atoms. The molecule has 2 N–H and O–H groups in total. The second kappa shape index (κ2) is 8.62. The second-order valence-corrected chi connectivity index (χ2v) is 7.46. The molecular weight excluding hydrogens is 395 g/mol. The van der Waals surface area contributed by atoms with Crippen LogP contribution in [0.3, 0.4) is 0 Å². The summed E-state index contributed by atoms with van der Waals surface area (Å²) in [5, 5.41) is 11.5. The molecule has 1 aromatic heterocycles. The minimum atomic E-state index is -0.500. The summed E-state index contributed by atoms with van der Waals surface area (Å²) in [6.45, 7) is 0. The Morgan fingerprint density at radius 1 is 1.07 bits per heavy atom. The molecule has 0 aliphatic heterocycles. The monoisotopic (exact) mass is 414 g/mol. The number of aromatic nitrogens is 2. The molecule has 0 saturated carbocycles. The van der Waals surface area contributed by atoms with Crippen LogP contribution < -0.4 is 10.9 Å². The lowest BCUT2D eigenvalue weighted by Crippen LogP contribution is -2.31. The topological polar surface area (TPSA) is 70.8 Å². The molecule has 0 saturated heterocycles. The Bertz CT molecular complexity index is 1060. The van der Waals surface area contributed by atoms with Crippen molar-refractivity contribution in [2.75, 3.05) is 19.6 Å². The van der Waals surface area contributed by atoms with Gasteiger partial charge in [-0.05, 0) is 61.0 Å². The van der Waals surface area contributed by atoms with Gasteiger partial charge in [0.05, 0.1) is 5.03 Å². The summed E-state index contributed by atoms with van der Waals surface area (Å²) in [5.41, 5.74) is 1.12. The lowest BCUT2D eigenvalue weighted by atomic mass is 10.1. The summed E-state index contributed by atoms with van der Waals surface area (Å²) in [7, 11) is 1.59. The van der Waals surface area contributed by atoms with Crippen molar-refractivity contribution in [1.29, 1.82) is 5.41 Å². The molecule has 0 bridgehead atoms. The van der Waals surface area contributed by atoms with Crippen LogP contribution in [0.15, 0.2) is 63.2 Å². The van der Waals surface area contributed by atoms with E-state index in [4.69, 9.17) is 5.41 Å². The fourth-order valence-electron chi connectivity index (χ4n) is 2.80. The van der Waals surface area contributed by atoms with E-state index in [9.17, 15) is 9.18 Å². The van der Waals surface area contributed by atoms with E-state index in [-0.39, 0.29) is 17.2 Å². The molecule has 0 fully saturated rings. The van der Waals surface area contributed by atoms with Crippen molar-refractivity contribution in [3.8, 4) is 17.1 Å². The van der Waals surface area contributed by atoms with Crippen LogP contribution in [0.5, 0.6) is 0 Å². The number of amidine groups is 1. The first kappa shape index (κ1) is 20.2. The molecule has 0 radical (unpaired) electrons. The van der Waals surface area contributed by atoms with E-state index < -0.39 is 5.56 Å². The number of rotatable bonds is 5. The average molecular weight is 415 g/mol. The third-order valence-corrected chi connectivity index (χ3v) is 5.69. The van der Waals surface area contributed by atoms with Crippen molar-refractivity contribution >= 4 is 29.4 Å². The van der Waals surface area contributed by atoms with Crippen LogP contribution >= 0.6 is 23.5 Å². The summed E-state index contributed by atoms with van der Waals surface area (Å²) in [6, 6.07) is 13.7. The van der Waals surface area contributed by atoms with E-state index in [0.717, 1.165) is 10.6 Å². The van der Waals surface area contributed by atoms with Crippen molar-refractivity contribution in [3.63, 3.8) is 0 Å². The van der Waals surface area contributed by atoms with Crippen molar-refractivity contribution in [3.05, 3.63) is 70.3 Å². The van der Waals surface area contributed by atoms with E-state index in [1.807, 2.05) is 41.3 Å². The zero-order valence-corrected chi connectivity index (χ0v) is 17.2. The maximum atomic E-state index is 13.4. The van der Waals surface area contributed by atoms with Gasteiger partial charge in [-0.1, -0.05) is 0 Å². The first-order valence-electron chi connectivity index (χ1n) is 8.38. The van der Waals surface area contributed by atoms with Crippen LogP contribution in [0, 0.1) is 11.2 Å². The van der Waals surface area contributed by atoms with Gasteiger partial charge in [-0.25, -0.2) is 4.39 Å². The molecule has 3 aromatic rings. The largest absolute Gasteiger partial charge is 0.373 e. The van der Waals surface area contributed by atoms with Crippen LogP contribution in [-0.4, -0.2) is 34.9 Å². The Labute approximate surface area is 170 Å². The number of thioether (sulfide) groups is 2. The molecule has 28 heavy (non-hydrogen) atoms. The van der Waals surface area contributed by atoms with Crippen LogP contribution in [-0.2, 0) is 0 Å². The first-order chi connectivity index (χ1) is 13.5. The highest BCUT2D eigenvalue weighted by atomic mass is 32.2. The molecule has 3 rings (SSSR count). The third-order valence-electron chi connectivity index (χ3n) is 4.18. The highest BCUT2D eigenvalue weighted by Crippen LogP contribution is 2.29. The van der Waals surface area contributed by atoms with Crippen LogP contribution in [0.25, 0.3) is 17.1 Å². The Balaban J connectivity index is 2.37. The van der Waals surface area contributed by atoms with Gasteiger partial charge in [0.15, 0.2) is 0 Å². The number of nitrogens with one attached hydrogen (secondary N) is 2. The van der Waals surface area contributed by atoms with Gasteiger partial charge in [-0.3, -0.25) is 14.8 Å². The van der Waals surface area contributed by atoms with E-state index in [1.54, 1.807) is 30.9 Å². The Morgan fingerprint density at radius 3 is 2.25 bits per heavy atom. The lowest BCUT2D eigenvalue weighted by molar-refractivity contribution is 0.628. The van der Waals surface area contributed by atoms with Crippen LogP contribution in [0.1, 0.15) is 5.56 Å². The average Bonchev–Trinajstić information content (AvgIpc) is 2.73. The fourth-order valence-corrected chi connectivity index (χ4v) is 3.97. The van der Waals surface area contributed by atoms with Gasteiger partial charge in [0.2, 0.25) is 0 Å². The highest BCUT2D eigenvalue weighted by molar-refractivity contribution is 7.98. The Morgan fingerprint density at radius 2 is 1.71 bits per heavy atom. The van der Waals surface area contributed by atoms with E-state index >= 15 is 0 Å². The Hall–Kier alpha value is -2.58. The summed E-state index contributed by atoms with van der Waals surface area (Å²) in [4.78, 5) is 18.1. The van der Waals surface area contributed by atoms with Crippen molar-refractivity contribution < 1.29 is 4.39 Å². The molecule has 1 heterocycles. The highest BCUT2D eigenvalue weighted by Gasteiger charge is 2.21. The standard InChI is InChI=1S/C20H19FN4OS2/c1-23-17(22)16-19(26)24-18(12-4-6-13(21)7-5-12)25(20(16)28-3)14-8-10-15(27-2)11-9-14/h4-11H,1-3H3,(H2,22,23). The predicted octanol–water partition coefficient (Wildman–Crippen LogP) is 4.03. The molecule has 0 atom stereocenters. The van der Waals surface area contributed by atoms with Gasteiger partial charge in [0.1, 0.15) is 23.0 Å². The maximum absolute atomic E-state index is 13.4. The summed E-state index contributed by atoms with van der Waals surface area (Å²) < 4.78 is 15.3. The maximum Gasteiger partial charge on any atom is 0.285 e. The summed E-state index contributed by atoms with van der Waals surface area (Å²) in [5.74, 6) is 0.0431. The third kappa shape index (κ3) is 3.83. The number of halogens is 1. The SMILES string of the molecule is CNC(=N)c1c(SC)n(-c2ccc(SC)cc2)c(-c2ccc(F)cc2)nc1=O. The lowest BCUT2D eigenvalue weighted by Gasteiger charge is -2.20. The van der Waals surface area contributed by atoms with Gasteiger partial charge in [-0.2, -0.15) is 4.98 Å². The zero-order chi connectivity index (χ0) is 20.3. The fraction of sp³-hybridized carbons (Fsp3) is 0.150. The quantitative estimate of drug-likeness (QED) is 0.286. The molecule has 0 unspecified atom stereocenters. The minimum Gasteiger partial charge on any atom is -0.373 e. The van der Waals surface area contributed by atoms with Gasteiger partial charge in [0, 0.05) is 23.2 Å². The number of hydrogen-bond donors (Lipinski definition) is 2. The zero-order valence-electron chi connectivity index (χ0n) is 15.6. The van der Waals surface area contributed by atoms with Crippen molar-refractivity contribution in [1.82, 2.24) is 14.9 Å². The number of benzene rings is 2. The second-order valence-electron chi connectivity index (χ2n) is 5.79. The predicted molar refractivity (Wildman–Crippen MR) is 115 cm³/mol. The van der Waals surface area contributed by atoms with E-state index in [1.165, 1.54) is 23.9 Å². The van der Waals surface area contributed by atoms with Gasteiger partial charge >= 0.3 is 0 Å². The normalized spacial score (nSPS) is 10.7. The van der Waals surface area contributed by atoms with Crippen LogP contribution in [0.2, 0.25) is 0 Å². The minimum absolute atomic E-state index is 0.00184. The number of nitrogens with zero attached hydrogens (tertiary/aromatic N) is 2. The smallest absolute Gasteiger partial charge is 0.285 e. The molecule has 0 amide bonds. The van der Waals surface area contributed by atoms with Gasteiger partial charge in [0.25, 0.3) is 5.56 Å². The molecular formula is C20H19FN4OS2. The molecule has 2 aromatic carbocycles. The molecule has 0 aliphatic rings. The van der Waals surface area contributed by atoms with E-state index in [2.05, 4.69) is 10.3 Å². The van der Waals surface area contributed by atoms with Crippen molar-refractivity contribution in [2.24, 2.45) is 0 Å². The van der Waals surface area contributed by atoms with Gasteiger partial charge < -0.3 is 5.32 Å². The first-order valence-corrected chi connectivity index (χ1v) is 10.8. The van der Waals surface area contributed by atoms with E-state index in [0.29, 0.717) is 16.4 Å². The Kier molecular flexibility index (Phi) is 6.21. The van der Waals surface area contributed by atoms with Crippen molar-refractivity contribution in [2.45, 2.75) is 9.92 Å². The molecule has 0 aliphatic carbocycles. The molecule has 8 heteroatoms. The summed E-state index contributed by atoms with van der Waals surface area (Å²) in [6.07, 6.45) is 3.85. The summed E-state index contributed by atoms with van der Waals surface area (Å²) >= 11 is 2.99. The van der Waals surface area contributed by atoms with Gasteiger partial charge in [-0.15, -0.1) is 23.5 Å².